The number of urea groups is 1. The number of carbonyl (C=O) groups excluding carboxylic acids is 3. The molecule has 0 bridgehead atoms. The minimum atomic E-state index is -0.516. The molecule has 2 aliphatic heterocycles. The zero-order chi connectivity index (χ0) is 16.4. The molecule has 0 radical (unpaired) electrons. The first kappa shape index (κ1) is 18.5. The van der Waals surface area contributed by atoms with Gasteiger partial charge in [-0.05, 0) is 17.7 Å². The number of amides is 4. The van der Waals surface area contributed by atoms with Gasteiger partial charge in [-0.1, -0.05) is 23.7 Å². The lowest BCUT2D eigenvalue weighted by molar-refractivity contribution is -0.135. The van der Waals surface area contributed by atoms with Gasteiger partial charge in [0.15, 0.2) is 0 Å². The van der Waals surface area contributed by atoms with E-state index in [1.807, 2.05) is 18.2 Å². The summed E-state index contributed by atoms with van der Waals surface area (Å²) in [6, 6.07) is 6.74. The molecule has 4 amide bonds. The van der Waals surface area contributed by atoms with Crippen LogP contribution in [0, 0.1) is 0 Å². The van der Waals surface area contributed by atoms with E-state index in [9.17, 15) is 14.4 Å². The molecule has 1 aromatic carbocycles. The van der Waals surface area contributed by atoms with Crippen LogP contribution in [-0.2, 0) is 9.59 Å². The highest BCUT2D eigenvalue weighted by molar-refractivity contribution is 6.30. The predicted octanol–water partition coefficient (Wildman–Crippen LogP) is 0.786. The summed E-state index contributed by atoms with van der Waals surface area (Å²) in [5.74, 6) is -0.559. The highest BCUT2D eigenvalue weighted by Crippen LogP contribution is 2.25. The van der Waals surface area contributed by atoms with Crippen molar-refractivity contribution in [1.82, 2.24) is 20.4 Å². The van der Waals surface area contributed by atoms with Gasteiger partial charge in [0.2, 0.25) is 11.8 Å². The third-order valence-corrected chi connectivity index (χ3v) is 4.23. The second-order valence-electron chi connectivity index (χ2n) is 5.57. The van der Waals surface area contributed by atoms with Crippen LogP contribution in [0.15, 0.2) is 24.3 Å². The molecule has 2 fully saturated rings. The van der Waals surface area contributed by atoms with Crippen LogP contribution in [0.1, 0.15) is 11.6 Å². The van der Waals surface area contributed by atoms with Gasteiger partial charge in [-0.3, -0.25) is 14.9 Å². The standard InChI is InChI=1S/C15H17ClN4O3.ClH/c16-11-3-1-2-10(6-11)12-7-17-4-5-20(12)14(22)9-19-8-13(21)18-15(19)23;/h1-3,6,12,17H,4-5,7-9H2,(H,18,21,23);1H. The lowest BCUT2D eigenvalue weighted by Gasteiger charge is -2.37. The van der Waals surface area contributed by atoms with Crippen LogP contribution < -0.4 is 10.6 Å². The number of imide groups is 1. The van der Waals surface area contributed by atoms with Crippen molar-refractivity contribution in [3.05, 3.63) is 34.9 Å². The first-order valence-corrected chi connectivity index (χ1v) is 7.77. The molecule has 2 saturated heterocycles. The van der Waals surface area contributed by atoms with Gasteiger partial charge in [-0.15, -0.1) is 12.4 Å². The number of nitrogens with one attached hydrogen (secondary N) is 2. The zero-order valence-corrected chi connectivity index (χ0v) is 14.4. The average molecular weight is 373 g/mol. The number of hydrogen-bond acceptors (Lipinski definition) is 4. The Kier molecular flexibility index (Phi) is 6.04. The molecular formula is C15H18Cl2N4O3. The van der Waals surface area contributed by atoms with Crippen molar-refractivity contribution in [1.29, 1.82) is 0 Å². The molecule has 3 rings (SSSR count). The van der Waals surface area contributed by atoms with Gasteiger partial charge in [0.05, 0.1) is 6.04 Å². The summed E-state index contributed by atoms with van der Waals surface area (Å²) in [4.78, 5) is 38.4. The van der Waals surface area contributed by atoms with Crippen LogP contribution >= 0.6 is 24.0 Å². The lowest BCUT2D eigenvalue weighted by atomic mass is 10.0. The van der Waals surface area contributed by atoms with E-state index in [1.165, 1.54) is 4.90 Å². The lowest BCUT2D eigenvalue weighted by Crippen LogP contribution is -2.51. The Balaban J connectivity index is 0.00000208. The van der Waals surface area contributed by atoms with Gasteiger partial charge in [0.1, 0.15) is 13.1 Å². The molecule has 24 heavy (non-hydrogen) atoms. The second kappa shape index (κ2) is 7.83. The summed E-state index contributed by atoms with van der Waals surface area (Å²) in [5, 5.41) is 6.05. The number of nitrogens with zero attached hydrogens (tertiary/aromatic N) is 2. The SMILES string of the molecule is Cl.O=C1CN(CC(=O)N2CCNCC2c2cccc(Cl)c2)C(=O)N1. The average Bonchev–Trinajstić information content (AvgIpc) is 2.85. The number of piperazine rings is 1. The molecule has 0 saturated carbocycles. The monoisotopic (exact) mass is 372 g/mol. The topological polar surface area (TPSA) is 81.8 Å². The first-order chi connectivity index (χ1) is 11.0. The van der Waals surface area contributed by atoms with E-state index >= 15 is 0 Å². The molecule has 2 N–H and O–H groups in total. The van der Waals surface area contributed by atoms with Gasteiger partial charge in [0, 0.05) is 24.7 Å². The molecule has 0 aromatic heterocycles. The van der Waals surface area contributed by atoms with Crippen LogP contribution in [-0.4, -0.2) is 60.4 Å². The fourth-order valence-corrected chi connectivity index (χ4v) is 3.08. The Morgan fingerprint density at radius 3 is 2.79 bits per heavy atom. The van der Waals surface area contributed by atoms with Crippen molar-refractivity contribution in [2.75, 3.05) is 32.7 Å². The normalized spacial score (nSPS) is 20.6. The molecule has 2 heterocycles. The van der Waals surface area contributed by atoms with E-state index in [0.29, 0.717) is 24.7 Å². The highest BCUT2D eigenvalue weighted by Gasteiger charge is 2.33. The molecule has 7 nitrogen and oxygen atoms in total. The molecule has 0 spiro atoms. The summed E-state index contributed by atoms with van der Waals surface area (Å²) in [6.07, 6.45) is 0. The fourth-order valence-electron chi connectivity index (χ4n) is 2.88. The zero-order valence-electron chi connectivity index (χ0n) is 12.8. The van der Waals surface area contributed by atoms with Crippen molar-refractivity contribution in [3.63, 3.8) is 0 Å². The number of halogens is 2. The minimum Gasteiger partial charge on any atom is -0.332 e. The molecular weight excluding hydrogens is 355 g/mol. The van der Waals surface area contributed by atoms with Crippen LogP contribution in [0.2, 0.25) is 5.02 Å². The third-order valence-electron chi connectivity index (χ3n) is 3.99. The van der Waals surface area contributed by atoms with Crippen molar-refractivity contribution in [2.24, 2.45) is 0 Å². The van der Waals surface area contributed by atoms with Crippen molar-refractivity contribution >= 4 is 41.9 Å². The van der Waals surface area contributed by atoms with Crippen LogP contribution in [0.3, 0.4) is 0 Å². The van der Waals surface area contributed by atoms with E-state index in [-0.39, 0.29) is 43.4 Å². The van der Waals surface area contributed by atoms with E-state index in [4.69, 9.17) is 11.6 Å². The maximum Gasteiger partial charge on any atom is 0.325 e. The largest absolute Gasteiger partial charge is 0.332 e. The van der Waals surface area contributed by atoms with Crippen molar-refractivity contribution < 1.29 is 14.4 Å². The Morgan fingerprint density at radius 1 is 1.33 bits per heavy atom. The first-order valence-electron chi connectivity index (χ1n) is 7.39. The third kappa shape index (κ3) is 3.98. The van der Waals surface area contributed by atoms with Crippen LogP contribution in [0.25, 0.3) is 0 Å². The predicted molar refractivity (Wildman–Crippen MR) is 91.1 cm³/mol. The Hall–Kier alpha value is -1.83. The molecule has 130 valence electrons. The smallest absolute Gasteiger partial charge is 0.325 e. The molecule has 1 aromatic rings. The number of rotatable bonds is 3. The summed E-state index contributed by atoms with van der Waals surface area (Å²) in [6.45, 7) is 1.68. The quantitative estimate of drug-likeness (QED) is 0.768. The second-order valence-corrected chi connectivity index (χ2v) is 6.01. The summed E-state index contributed by atoms with van der Waals surface area (Å²) in [7, 11) is 0. The van der Waals surface area contributed by atoms with Crippen molar-refractivity contribution in [2.45, 2.75) is 6.04 Å². The Morgan fingerprint density at radius 2 is 2.12 bits per heavy atom. The number of hydrogen-bond donors (Lipinski definition) is 2. The molecule has 1 atom stereocenters. The van der Waals surface area contributed by atoms with E-state index < -0.39 is 6.03 Å². The highest BCUT2D eigenvalue weighted by atomic mass is 35.5. The van der Waals surface area contributed by atoms with Gasteiger partial charge in [0.25, 0.3) is 0 Å². The van der Waals surface area contributed by atoms with Crippen molar-refractivity contribution in [3.8, 4) is 0 Å². The Bertz CT molecular complexity index is 655. The Labute approximate surface area is 150 Å². The van der Waals surface area contributed by atoms with Crippen LogP contribution in [0.4, 0.5) is 4.79 Å². The van der Waals surface area contributed by atoms with Crippen LogP contribution in [0.5, 0.6) is 0 Å². The molecule has 9 heteroatoms. The van der Waals surface area contributed by atoms with E-state index in [0.717, 1.165) is 5.56 Å². The van der Waals surface area contributed by atoms with E-state index in [2.05, 4.69) is 10.6 Å². The van der Waals surface area contributed by atoms with E-state index in [1.54, 1.807) is 11.0 Å². The van der Waals surface area contributed by atoms with Gasteiger partial charge >= 0.3 is 6.03 Å². The molecule has 1 unspecified atom stereocenters. The van der Waals surface area contributed by atoms with Gasteiger partial charge in [-0.25, -0.2) is 4.79 Å². The van der Waals surface area contributed by atoms with Gasteiger partial charge in [-0.2, -0.15) is 0 Å². The maximum absolute atomic E-state index is 12.6. The molecule has 2 aliphatic rings. The summed E-state index contributed by atoms with van der Waals surface area (Å²) in [5.41, 5.74) is 0.944. The number of carbonyl (C=O) groups is 3. The minimum absolute atomic E-state index is 0. The maximum atomic E-state index is 12.6. The number of benzene rings is 1. The van der Waals surface area contributed by atoms with Gasteiger partial charge < -0.3 is 15.1 Å². The summed E-state index contributed by atoms with van der Waals surface area (Å²) >= 11 is 6.04. The molecule has 0 aliphatic carbocycles. The summed E-state index contributed by atoms with van der Waals surface area (Å²) < 4.78 is 0. The fraction of sp³-hybridized carbons (Fsp3) is 0.400.